The molecule has 2 aromatic heterocycles. The zero-order chi connectivity index (χ0) is 22.6. The Labute approximate surface area is 188 Å². The van der Waals surface area contributed by atoms with Crippen molar-refractivity contribution in [3.05, 3.63) is 29.4 Å². The maximum Gasteiger partial charge on any atom is 0.410 e. The number of carbonyl (C=O) groups is 1. The highest BCUT2D eigenvalue weighted by Crippen LogP contribution is 2.30. The third-order valence-electron chi connectivity index (χ3n) is 5.39. The third kappa shape index (κ3) is 6.17. The van der Waals surface area contributed by atoms with Crippen molar-refractivity contribution in [2.24, 2.45) is 5.92 Å². The van der Waals surface area contributed by atoms with Crippen LogP contribution in [0.1, 0.15) is 58.1 Å². The molecule has 3 rings (SSSR count). The number of carbonyl (C=O) groups excluding carboxylic acids is 1. The number of halogens is 1. The molecule has 166 valence electrons. The molecule has 0 aliphatic carbocycles. The van der Waals surface area contributed by atoms with Crippen LogP contribution in [0.5, 0.6) is 0 Å². The Hall–Kier alpha value is -2.66. The first-order valence-electron chi connectivity index (χ1n) is 10.5. The van der Waals surface area contributed by atoms with Crippen molar-refractivity contribution in [3.63, 3.8) is 0 Å². The molecule has 0 bridgehead atoms. The number of likely N-dealkylation sites (tertiary alicyclic amines) is 1. The van der Waals surface area contributed by atoms with Gasteiger partial charge >= 0.3 is 6.09 Å². The minimum atomic E-state index is -0.490. The molecule has 31 heavy (non-hydrogen) atoms. The first kappa shape index (κ1) is 23.0. The van der Waals surface area contributed by atoms with Crippen LogP contribution < -0.4 is 0 Å². The second-order valence-corrected chi connectivity index (χ2v) is 9.38. The fourth-order valence-electron chi connectivity index (χ4n) is 3.83. The lowest BCUT2D eigenvalue weighted by atomic mass is 9.89. The van der Waals surface area contributed by atoms with Gasteiger partial charge in [-0.05, 0) is 70.0 Å². The number of nitrogens with zero attached hydrogens (tertiary/aromatic N) is 6. The van der Waals surface area contributed by atoms with Gasteiger partial charge in [-0.2, -0.15) is 10.4 Å². The highest BCUT2D eigenvalue weighted by Gasteiger charge is 2.28. The monoisotopic (exact) mass is 444 g/mol. The van der Waals surface area contributed by atoms with E-state index in [1.54, 1.807) is 17.3 Å². The average Bonchev–Trinajstić information content (AvgIpc) is 3.18. The molecule has 3 heterocycles. The van der Waals surface area contributed by atoms with Gasteiger partial charge in [-0.3, -0.25) is 4.68 Å². The van der Waals surface area contributed by atoms with E-state index in [9.17, 15) is 10.1 Å². The number of piperidine rings is 1. The first-order valence-corrected chi connectivity index (χ1v) is 10.9. The summed E-state index contributed by atoms with van der Waals surface area (Å²) in [6.45, 7) is 8.89. The van der Waals surface area contributed by atoms with Crippen molar-refractivity contribution in [2.45, 2.75) is 65.0 Å². The molecule has 1 saturated heterocycles. The molecule has 1 aliphatic rings. The molecule has 0 N–H and O–H groups in total. The molecule has 0 saturated carbocycles. The fraction of sp³-hybridized carbons (Fsp3) is 0.591. The van der Waals surface area contributed by atoms with Crippen LogP contribution in [0.2, 0.25) is 5.28 Å². The number of hydrogen-bond donors (Lipinski definition) is 0. The van der Waals surface area contributed by atoms with Gasteiger partial charge in [-0.15, -0.1) is 0 Å². The Balaban J connectivity index is 1.64. The Morgan fingerprint density at radius 2 is 2.06 bits per heavy atom. The molecule has 8 nitrogen and oxygen atoms in total. The van der Waals surface area contributed by atoms with Crippen molar-refractivity contribution in [1.82, 2.24) is 24.6 Å². The van der Waals surface area contributed by atoms with Crippen molar-refractivity contribution >= 4 is 17.7 Å². The van der Waals surface area contributed by atoms with Gasteiger partial charge in [0.15, 0.2) is 0 Å². The standard InChI is InChI=1S/C22H29ClN6O2/c1-15-12-25-20(23)27-19(15)17-13-26-29(14-17)18(5-8-24)11-16-6-9-28(10-7-16)21(30)31-22(2,3)4/h12-14,16,18H,5-7,9-11H2,1-4H3. The number of nitriles is 1. The second kappa shape index (κ2) is 9.65. The summed E-state index contributed by atoms with van der Waals surface area (Å²) in [5.41, 5.74) is 2.02. The number of hydrogen-bond acceptors (Lipinski definition) is 6. The second-order valence-electron chi connectivity index (χ2n) is 9.04. The predicted octanol–water partition coefficient (Wildman–Crippen LogP) is 4.79. The average molecular weight is 445 g/mol. The van der Waals surface area contributed by atoms with Crippen LogP contribution in [-0.4, -0.2) is 49.4 Å². The van der Waals surface area contributed by atoms with Crippen LogP contribution in [0.15, 0.2) is 18.6 Å². The van der Waals surface area contributed by atoms with E-state index in [4.69, 9.17) is 16.3 Å². The van der Waals surface area contributed by atoms with E-state index < -0.39 is 5.60 Å². The smallest absolute Gasteiger partial charge is 0.410 e. The Morgan fingerprint density at radius 3 is 2.71 bits per heavy atom. The van der Waals surface area contributed by atoms with Crippen LogP contribution in [-0.2, 0) is 4.74 Å². The first-order chi connectivity index (χ1) is 14.7. The van der Waals surface area contributed by atoms with Gasteiger partial charge in [0.1, 0.15) is 5.60 Å². The molecule has 9 heteroatoms. The Kier molecular flexibility index (Phi) is 7.16. The van der Waals surface area contributed by atoms with E-state index in [1.165, 1.54) is 0 Å². The minimum absolute atomic E-state index is 0.0329. The third-order valence-corrected chi connectivity index (χ3v) is 5.57. The number of rotatable bonds is 5. The van der Waals surface area contributed by atoms with Crippen molar-refractivity contribution in [3.8, 4) is 17.3 Å². The highest BCUT2D eigenvalue weighted by molar-refractivity contribution is 6.28. The summed E-state index contributed by atoms with van der Waals surface area (Å²) in [4.78, 5) is 22.4. The van der Waals surface area contributed by atoms with Crippen molar-refractivity contribution < 1.29 is 9.53 Å². The summed E-state index contributed by atoms with van der Waals surface area (Å²) in [7, 11) is 0. The molecule has 0 aromatic carbocycles. The Bertz CT molecular complexity index is 954. The van der Waals surface area contributed by atoms with Crippen LogP contribution in [0.25, 0.3) is 11.3 Å². The number of ether oxygens (including phenoxy) is 1. The van der Waals surface area contributed by atoms with E-state index in [0.29, 0.717) is 25.4 Å². The lowest BCUT2D eigenvalue weighted by Gasteiger charge is -2.34. The molecule has 1 aliphatic heterocycles. The molecule has 1 unspecified atom stereocenters. The molecule has 2 aromatic rings. The van der Waals surface area contributed by atoms with Gasteiger partial charge in [-0.25, -0.2) is 14.8 Å². The number of aryl methyl sites for hydroxylation is 1. The van der Waals surface area contributed by atoms with Gasteiger partial charge < -0.3 is 9.64 Å². The SMILES string of the molecule is Cc1cnc(Cl)nc1-c1cnn(C(CC#N)CC2CCN(C(=O)OC(C)(C)C)CC2)c1. The van der Waals surface area contributed by atoms with Gasteiger partial charge in [0.25, 0.3) is 0 Å². The summed E-state index contributed by atoms with van der Waals surface area (Å²) in [6.07, 6.45) is 8.08. The number of amides is 1. The summed E-state index contributed by atoms with van der Waals surface area (Å²) in [6, 6.07) is 2.25. The molecular weight excluding hydrogens is 416 g/mol. The zero-order valence-electron chi connectivity index (χ0n) is 18.5. The maximum absolute atomic E-state index is 12.3. The summed E-state index contributed by atoms with van der Waals surface area (Å²) in [5.74, 6) is 0.417. The zero-order valence-corrected chi connectivity index (χ0v) is 19.3. The van der Waals surface area contributed by atoms with E-state index in [1.807, 2.05) is 38.6 Å². The minimum Gasteiger partial charge on any atom is -0.444 e. The van der Waals surface area contributed by atoms with E-state index in [0.717, 1.165) is 36.1 Å². The van der Waals surface area contributed by atoms with Crippen LogP contribution in [0.3, 0.4) is 0 Å². The molecule has 1 amide bonds. The summed E-state index contributed by atoms with van der Waals surface area (Å²) in [5, 5.41) is 14.1. The van der Waals surface area contributed by atoms with E-state index in [-0.39, 0.29) is 17.4 Å². The summed E-state index contributed by atoms with van der Waals surface area (Å²) >= 11 is 5.95. The molecule has 1 atom stereocenters. The fourth-order valence-corrected chi connectivity index (χ4v) is 3.96. The highest BCUT2D eigenvalue weighted by atomic mass is 35.5. The molecule has 1 fully saturated rings. The molecule has 0 spiro atoms. The largest absolute Gasteiger partial charge is 0.444 e. The number of aromatic nitrogens is 4. The lowest BCUT2D eigenvalue weighted by molar-refractivity contribution is 0.0176. The molecule has 0 radical (unpaired) electrons. The normalized spacial score (nSPS) is 16.1. The molecular formula is C22H29ClN6O2. The van der Waals surface area contributed by atoms with E-state index >= 15 is 0 Å². The van der Waals surface area contributed by atoms with Crippen LogP contribution in [0, 0.1) is 24.2 Å². The van der Waals surface area contributed by atoms with Crippen LogP contribution in [0.4, 0.5) is 4.79 Å². The van der Waals surface area contributed by atoms with E-state index in [2.05, 4.69) is 21.1 Å². The Morgan fingerprint density at radius 1 is 1.35 bits per heavy atom. The predicted molar refractivity (Wildman–Crippen MR) is 117 cm³/mol. The van der Waals surface area contributed by atoms with Crippen molar-refractivity contribution in [1.29, 1.82) is 5.26 Å². The maximum atomic E-state index is 12.3. The lowest BCUT2D eigenvalue weighted by Crippen LogP contribution is -2.42. The topological polar surface area (TPSA) is 96.9 Å². The quantitative estimate of drug-likeness (QED) is 0.614. The van der Waals surface area contributed by atoms with Crippen LogP contribution >= 0.6 is 11.6 Å². The van der Waals surface area contributed by atoms with Gasteiger partial charge in [0, 0.05) is 31.0 Å². The van der Waals surface area contributed by atoms with Gasteiger partial charge in [-0.1, -0.05) is 0 Å². The summed E-state index contributed by atoms with van der Waals surface area (Å²) < 4.78 is 7.33. The van der Waals surface area contributed by atoms with Gasteiger partial charge in [0.05, 0.1) is 30.4 Å². The van der Waals surface area contributed by atoms with Crippen molar-refractivity contribution in [2.75, 3.05) is 13.1 Å². The van der Waals surface area contributed by atoms with Gasteiger partial charge in [0.2, 0.25) is 5.28 Å².